The summed E-state index contributed by atoms with van der Waals surface area (Å²) in [6.07, 6.45) is 0. The third-order valence-electron chi connectivity index (χ3n) is 4.45. The molecule has 1 aromatic heterocycles. The monoisotopic (exact) mass is 322 g/mol. The van der Waals surface area contributed by atoms with E-state index in [0.29, 0.717) is 6.04 Å². The third-order valence-corrected chi connectivity index (χ3v) is 4.45. The number of rotatable bonds is 2. The van der Waals surface area contributed by atoms with E-state index in [1.807, 2.05) is 12.1 Å². The van der Waals surface area contributed by atoms with E-state index in [4.69, 9.17) is 0 Å². The van der Waals surface area contributed by atoms with E-state index in [0.717, 1.165) is 47.5 Å². The Kier molecular flexibility index (Phi) is 3.86. The number of anilines is 1. The molecule has 1 fully saturated rings. The van der Waals surface area contributed by atoms with Crippen LogP contribution in [0, 0.1) is 5.82 Å². The highest BCUT2D eigenvalue weighted by Gasteiger charge is 2.20. The van der Waals surface area contributed by atoms with Crippen LogP contribution in [0.1, 0.15) is 6.92 Å². The molecule has 0 saturated carbocycles. The SMILES string of the molecule is CC1CN(c2nnc(-c3ccc(F)cc3)c3ccccc23)CCN1. The Bertz CT molecular complexity index is 863. The Morgan fingerprint density at radius 1 is 1.04 bits per heavy atom. The highest BCUT2D eigenvalue weighted by Crippen LogP contribution is 2.31. The number of fused-ring (bicyclic) bond motifs is 1. The van der Waals surface area contributed by atoms with Gasteiger partial charge in [-0.2, -0.15) is 0 Å². The normalized spacial score (nSPS) is 18.1. The number of aromatic nitrogens is 2. The van der Waals surface area contributed by atoms with Crippen LogP contribution < -0.4 is 10.2 Å². The zero-order valence-electron chi connectivity index (χ0n) is 13.5. The molecule has 1 atom stereocenters. The van der Waals surface area contributed by atoms with E-state index < -0.39 is 0 Å². The molecule has 0 bridgehead atoms. The van der Waals surface area contributed by atoms with Gasteiger partial charge in [0.1, 0.15) is 11.5 Å². The molecule has 2 heterocycles. The van der Waals surface area contributed by atoms with Crippen molar-refractivity contribution >= 4 is 16.6 Å². The molecule has 3 aromatic rings. The molecule has 4 nitrogen and oxygen atoms in total. The summed E-state index contributed by atoms with van der Waals surface area (Å²) < 4.78 is 13.2. The average molecular weight is 322 g/mol. The number of nitrogens with zero attached hydrogens (tertiary/aromatic N) is 3. The van der Waals surface area contributed by atoms with Crippen molar-refractivity contribution in [1.82, 2.24) is 15.5 Å². The fourth-order valence-electron chi connectivity index (χ4n) is 3.27. The maximum absolute atomic E-state index is 13.2. The molecule has 2 aromatic carbocycles. The van der Waals surface area contributed by atoms with Crippen molar-refractivity contribution < 1.29 is 4.39 Å². The highest BCUT2D eigenvalue weighted by atomic mass is 19.1. The van der Waals surface area contributed by atoms with Gasteiger partial charge in [-0.15, -0.1) is 10.2 Å². The van der Waals surface area contributed by atoms with Gasteiger partial charge in [0.2, 0.25) is 0 Å². The maximum atomic E-state index is 13.2. The minimum Gasteiger partial charge on any atom is -0.352 e. The molecule has 0 spiro atoms. The van der Waals surface area contributed by atoms with Crippen LogP contribution in [-0.2, 0) is 0 Å². The lowest BCUT2D eigenvalue weighted by molar-refractivity contribution is 0.482. The Labute approximate surface area is 140 Å². The van der Waals surface area contributed by atoms with Gasteiger partial charge in [0.25, 0.3) is 0 Å². The minimum absolute atomic E-state index is 0.248. The van der Waals surface area contributed by atoms with Crippen molar-refractivity contribution in [2.24, 2.45) is 0 Å². The lowest BCUT2D eigenvalue weighted by atomic mass is 10.0. The quantitative estimate of drug-likeness (QED) is 0.786. The van der Waals surface area contributed by atoms with Gasteiger partial charge in [-0.05, 0) is 31.2 Å². The largest absolute Gasteiger partial charge is 0.352 e. The summed E-state index contributed by atoms with van der Waals surface area (Å²) in [7, 11) is 0. The second-order valence-electron chi connectivity index (χ2n) is 6.23. The third kappa shape index (κ3) is 2.71. The van der Waals surface area contributed by atoms with Gasteiger partial charge in [-0.3, -0.25) is 0 Å². The van der Waals surface area contributed by atoms with Gasteiger partial charge in [0.05, 0.1) is 0 Å². The van der Waals surface area contributed by atoms with Crippen LogP contribution in [0.3, 0.4) is 0 Å². The van der Waals surface area contributed by atoms with Crippen molar-refractivity contribution in [2.75, 3.05) is 24.5 Å². The summed E-state index contributed by atoms with van der Waals surface area (Å²) in [5, 5.41) is 14.6. The van der Waals surface area contributed by atoms with Crippen LogP contribution in [0.25, 0.3) is 22.0 Å². The van der Waals surface area contributed by atoms with Gasteiger partial charge in [0, 0.05) is 42.0 Å². The molecule has 24 heavy (non-hydrogen) atoms. The van der Waals surface area contributed by atoms with E-state index in [-0.39, 0.29) is 5.82 Å². The molecule has 1 aliphatic heterocycles. The van der Waals surface area contributed by atoms with Gasteiger partial charge >= 0.3 is 0 Å². The Morgan fingerprint density at radius 3 is 2.54 bits per heavy atom. The highest BCUT2D eigenvalue weighted by molar-refractivity contribution is 6.00. The molecular weight excluding hydrogens is 303 g/mol. The van der Waals surface area contributed by atoms with E-state index in [9.17, 15) is 4.39 Å². The topological polar surface area (TPSA) is 41.1 Å². The Balaban J connectivity index is 1.84. The van der Waals surface area contributed by atoms with Crippen molar-refractivity contribution in [1.29, 1.82) is 0 Å². The van der Waals surface area contributed by atoms with E-state index in [2.05, 4.69) is 39.5 Å². The fraction of sp³-hybridized carbons (Fsp3) is 0.263. The first kappa shape index (κ1) is 15.0. The Hall–Kier alpha value is -2.53. The van der Waals surface area contributed by atoms with Gasteiger partial charge in [0.15, 0.2) is 5.82 Å². The first-order chi connectivity index (χ1) is 11.7. The minimum atomic E-state index is -0.248. The molecular formula is C19H19FN4. The zero-order chi connectivity index (χ0) is 16.5. The van der Waals surface area contributed by atoms with Crippen molar-refractivity contribution in [3.63, 3.8) is 0 Å². The van der Waals surface area contributed by atoms with Crippen LogP contribution in [0.2, 0.25) is 0 Å². The number of hydrogen-bond donors (Lipinski definition) is 1. The first-order valence-electron chi connectivity index (χ1n) is 8.22. The van der Waals surface area contributed by atoms with Crippen LogP contribution in [0.5, 0.6) is 0 Å². The summed E-state index contributed by atoms with van der Waals surface area (Å²) in [5.41, 5.74) is 1.66. The van der Waals surface area contributed by atoms with Gasteiger partial charge < -0.3 is 10.2 Å². The molecule has 1 aliphatic rings. The predicted octanol–water partition coefficient (Wildman–Crippen LogP) is 3.23. The number of halogens is 1. The van der Waals surface area contributed by atoms with Gasteiger partial charge in [-0.25, -0.2) is 4.39 Å². The van der Waals surface area contributed by atoms with E-state index in [1.165, 1.54) is 12.1 Å². The summed E-state index contributed by atoms with van der Waals surface area (Å²) in [4.78, 5) is 2.28. The lowest BCUT2D eigenvalue weighted by Gasteiger charge is -2.33. The molecule has 1 N–H and O–H groups in total. The summed E-state index contributed by atoms with van der Waals surface area (Å²) >= 11 is 0. The molecule has 1 unspecified atom stereocenters. The number of hydrogen-bond acceptors (Lipinski definition) is 4. The zero-order valence-corrected chi connectivity index (χ0v) is 13.5. The molecule has 0 amide bonds. The number of nitrogens with one attached hydrogen (secondary N) is 1. The van der Waals surface area contributed by atoms with Crippen molar-refractivity contribution in [2.45, 2.75) is 13.0 Å². The summed E-state index contributed by atoms with van der Waals surface area (Å²) in [6.45, 7) is 4.94. The smallest absolute Gasteiger partial charge is 0.159 e. The van der Waals surface area contributed by atoms with Crippen LogP contribution in [0.15, 0.2) is 48.5 Å². The second-order valence-corrected chi connectivity index (χ2v) is 6.23. The summed E-state index contributed by atoms with van der Waals surface area (Å²) in [5.74, 6) is 0.673. The summed E-state index contributed by atoms with van der Waals surface area (Å²) in [6, 6.07) is 15.0. The molecule has 0 radical (unpaired) electrons. The lowest BCUT2D eigenvalue weighted by Crippen LogP contribution is -2.49. The van der Waals surface area contributed by atoms with Crippen LogP contribution >= 0.6 is 0 Å². The molecule has 5 heteroatoms. The van der Waals surface area contributed by atoms with Crippen LogP contribution in [0.4, 0.5) is 10.2 Å². The molecule has 122 valence electrons. The predicted molar refractivity (Wildman–Crippen MR) is 94.6 cm³/mol. The van der Waals surface area contributed by atoms with E-state index >= 15 is 0 Å². The fourth-order valence-corrected chi connectivity index (χ4v) is 3.27. The average Bonchev–Trinajstić information content (AvgIpc) is 2.62. The second kappa shape index (κ2) is 6.17. The Morgan fingerprint density at radius 2 is 1.79 bits per heavy atom. The number of piperazine rings is 1. The van der Waals surface area contributed by atoms with Crippen LogP contribution in [-0.4, -0.2) is 35.9 Å². The molecule has 0 aliphatic carbocycles. The van der Waals surface area contributed by atoms with Crippen molar-refractivity contribution in [3.8, 4) is 11.3 Å². The van der Waals surface area contributed by atoms with Crippen molar-refractivity contribution in [3.05, 3.63) is 54.3 Å². The van der Waals surface area contributed by atoms with E-state index in [1.54, 1.807) is 12.1 Å². The molecule has 4 rings (SSSR count). The maximum Gasteiger partial charge on any atom is 0.159 e. The van der Waals surface area contributed by atoms with Gasteiger partial charge in [-0.1, -0.05) is 24.3 Å². The number of benzene rings is 2. The first-order valence-corrected chi connectivity index (χ1v) is 8.22. The molecule has 1 saturated heterocycles. The standard InChI is InChI=1S/C19H19FN4/c1-13-12-24(11-10-21-13)19-17-5-3-2-4-16(17)18(22-23-19)14-6-8-15(20)9-7-14/h2-9,13,21H,10-12H2,1H3.